The second kappa shape index (κ2) is 7.96. The second-order valence-electron chi connectivity index (χ2n) is 4.58. The summed E-state index contributed by atoms with van der Waals surface area (Å²) in [4.78, 5) is 11.8. The Labute approximate surface area is 131 Å². The molecule has 2 aromatic carbocycles. The van der Waals surface area contributed by atoms with Crippen LogP contribution in [-0.4, -0.2) is 15.9 Å². The molecule has 0 unspecified atom stereocenters. The van der Waals surface area contributed by atoms with Crippen LogP contribution in [0.15, 0.2) is 54.6 Å². The van der Waals surface area contributed by atoms with E-state index in [-0.39, 0.29) is 12.3 Å². The quantitative estimate of drug-likeness (QED) is 0.883. The van der Waals surface area contributed by atoms with E-state index in [1.54, 1.807) is 12.1 Å². The third-order valence-corrected chi connectivity index (χ3v) is 4.38. The highest BCUT2D eigenvalue weighted by Gasteiger charge is 2.07. The molecule has 2 rings (SSSR count). The molecular weight excluding hydrogens is 306 g/mol. The van der Waals surface area contributed by atoms with Crippen LogP contribution in [0.25, 0.3) is 0 Å². The number of anilines is 1. The number of hydrogen-bond acceptors (Lipinski definition) is 2. The van der Waals surface area contributed by atoms with E-state index in [1.807, 2.05) is 42.5 Å². The predicted octanol–water partition coefficient (Wildman–Crippen LogP) is 3.62. The summed E-state index contributed by atoms with van der Waals surface area (Å²) in [6.07, 6.45) is 0.238. The Hall–Kier alpha value is -1.65. The second-order valence-corrected chi connectivity index (χ2v) is 6.60. The molecule has 21 heavy (non-hydrogen) atoms. The number of amides is 1. The van der Waals surface area contributed by atoms with E-state index < -0.39 is 10.8 Å². The van der Waals surface area contributed by atoms with E-state index in [1.165, 1.54) is 0 Å². The van der Waals surface area contributed by atoms with Crippen LogP contribution >= 0.6 is 11.6 Å². The summed E-state index contributed by atoms with van der Waals surface area (Å²) in [5.74, 6) is 0.630. The first-order chi connectivity index (χ1) is 10.1. The lowest BCUT2D eigenvalue weighted by atomic mass is 10.2. The maximum Gasteiger partial charge on any atom is 0.225 e. The van der Waals surface area contributed by atoms with E-state index in [4.69, 9.17) is 11.6 Å². The Bertz CT molecular complexity index is 631. The van der Waals surface area contributed by atoms with Gasteiger partial charge in [-0.15, -0.1) is 0 Å². The molecule has 110 valence electrons. The van der Waals surface area contributed by atoms with Gasteiger partial charge < -0.3 is 5.32 Å². The zero-order chi connectivity index (χ0) is 15.1. The number of hydrogen-bond donors (Lipinski definition) is 1. The zero-order valence-corrected chi connectivity index (χ0v) is 13.0. The van der Waals surface area contributed by atoms with Gasteiger partial charge in [-0.05, 0) is 29.8 Å². The molecule has 0 aliphatic heterocycles. The van der Waals surface area contributed by atoms with Crippen molar-refractivity contribution in [1.29, 1.82) is 0 Å². The van der Waals surface area contributed by atoms with Crippen LogP contribution in [0.1, 0.15) is 12.0 Å². The highest BCUT2D eigenvalue weighted by Crippen LogP contribution is 2.13. The van der Waals surface area contributed by atoms with Gasteiger partial charge in [0.05, 0.1) is 0 Å². The van der Waals surface area contributed by atoms with Crippen molar-refractivity contribution in [2.45, 2.75) is 12.2 Å². The molecule has 0 spiro atoms. The van der Waals surface area contributed by atoms with Gasteiger partial charge in [-0.25, -0.2) is 0 Å². The van der Waals surface area contributed by atoms with Crippen molar-refractivity contribution in [1.82, 2.24) is 0 Å². The molecule has 5 heteroatoms. The summed E-state index contributed by atoms with van der Waals surface area (Å²) >= 11 is 5.88. The van der Waals surface area contributed by atoms with Crippen molar-refractivity contribution in [3.05, 3.63) is 65.2 Å². The number of nitrogens with one attached hydrogen (secondary N) is 1. The summed E-state index contributed by atoms with van der Waals surface area (Å²) in [7, 11) is -1.08. The van der Waals surface area contributed by atoms with Gasteiger partial charge in [-0.3, -0.25) is 9.00 Å². The molecule has 0 fully saturated rings. The van der Waals surface area contributed by atoms with Crippen molar-refractivity contribution < 1.29 is 9.00 Å². The fourth-order valence-corrected chi connectivity index (χ4v) is 3.16. The lowest BCUT2D eigenvalue weighted by molar-refractivity contribution is -0.115. The van der Waals surface area contributed by atoms with Gasteiger partial charge in [0.15, 0.2) is 0 Å². The van der Waals surface area contributed by atoms with Crippen molar-refractivity contribution in [2.24, 2.45) is 0 Å². The molecule has 3 nitrogen and oxygen atoms in total. The number of rotatable bonds is 6. The van der Waals surface area contributed by atoms with Gasteiger partial charge in [0, 0.05) is 39.4 Å². The van der Waals surface area contributed by atoms with Gasteiger partial charge >= 0.3 is 0 Å². The molecule has 0 saturated carbocycles. The van der Waals surface area contributed by atoms with Crippen LogP contribution in [0, 0.1) is 0 Å². The minimum absolute atomic E-state index is 0.124. The SMILES string of the molecule is O=C(CC[S@@](=O)Cc1cccc(Cl)c1)Nc1ccccc1. The molecule has 0 bridgehead atoms. The third kappa shape index (κ3) is 5.69. The van der Waals surface area contributed by atoms with Crippen molar-refractivity contribution in [2.75, 3.05) is 11.1 Å². The van der Waals surface area contributed by atoms with E-state index in [0.29, 0.717) is 16.5 Å². The molecular formula is C16H16ClNO2S. The fourth-order valence-electron chi connectivity index (χ4n) is 1.84. The number of carbonyl (C=O) groups is 1. The van der Waals surface area contributed by atoms with E-state index >= 15 is 0 Å². The Morgan fingerprint density at radius 3 is 2.57 bits per heavy atom. The largest absolute Gasteiger partial charge is 0.326 e. The molecule has 1 atom stereocenters. The Balaban J connectivity index is 1.77. The Morgan fingerprint density at radius 1 is 1.10 bits per heavy atom. The monoisotopic (exact) mass is 321 g/mol. The standard InChI is InChI=1S/C16H16ClNO2S/c17-14-6-4-5-13(11-14)12-21(20)10-9-16(19)18-15-7-2-1-3-8-15/h1-8,11H,9-10,12H2,(H,18,19)/t21-/m1/s1. The topological polar surface area (TPSA) is 46.2 Å². The summed E-state index contributed by atoms with van der Waals surface area (Å²) in [6.45, 7) is 0. The van der Waals surface area contributed by atoms with Gasteiger partial charge in [0.25, 0.3) is 0 Å². The zero-order valence-electron chi connectivity index (χ0n) is 11.4. The summed E-state index contributed by atoms with van der Waals surface area (Å²) < 4.78 is 12.0. The molecule has 0 heterocycles. The lowest BCUT2D eigenvalue weighted by Crippen LogP contribution is -2.15. The Kier molecular flexibility index (Phi) is 5.96. The Morgan fingerprint density at radius 2 is 1.86 bits per heavy atom. The first-order valence-corrected chi connectivity index (χ1v) is 8.44. The van der Waals surface area contributed by atoms with Crippen LogP contribution in [0.5, 0.6) is 0 Å². The van der Waals surface area contributed by atoms with Gasteiger partial charge in [-0.1, -0.05) is 41.9 Å². The maximum atomic E-state index is 12.0. The van der Waals surface area contributed by atoms with Crippen LogP contribution in [0.3, 0.4) is 0 Å². The summed E-state index contributed by atoms with van der Waals surface area (Å²) in [6, 6.07) is 16.5. The predicted molar refractivity (Wildman–Crippen MR) is 87.9 cm³/mol. The first kappa shape index (κ1) is 15.7. The number of halogens is 1. The summed E-state index contributed by atoms with van der Waals surface area (Å²) in [5, 5.41) is 3.41. The van der Waals surface area contributed by atoms with Crippen LogP contribution in [0.4, 0.5) is 5.69 Å². The first-order valence-electron chi connectivity index (χ1n) is 6.58. The average molecular weight is 322 g/mol. The third-order valence-electron chi connectivity index (χ3n) is 2.83. The van der Waals surface area contributed by atoms with Gasteiger partial charge in [0.1, 0.15) is 0 Å². The number of benzene rings is 2. The molecule has 1 amide bonds. The fraction of sp³-hybridized carbons (Fsp3) is 0.188. The lowest BCUT2D eigenvalue weighted by Gasteiger charge is -2.05. The van der Waals surface area contributed by atoms with Gasteiger partial charge in [0.2, 0.25) is 5.91 Å². The smallest absolute Gasteiger partial charge is 0.225 e. The van der Waals surface area contributed by atoms with Crippen LogP contribution in [-0.2, 0) is 21.3 Å². The molecule has 0 aliphatic carbocycles. The maximum absolute atomic E-state index is 12.0. The van der Waals surface area contributed by atoms with Crippen LogP contribution in [0.2, 0.25) is 5.02 Å². The van der Waals surface area contributed by atoms with E-state index in [0.717, 1.165) is 11.3 Å². The minimum Gasteiger partial charge on any atom is -0.326 e. The highest BCUT2D eigenvalue weighted by molar-refractivity contribution is 7.84. The molecule has 0 aromatic heterocycles. The van der Waals surface area contributed by atoms with E-state index in [2.05, 4.69) is 5.32 Å². The van der Waals surface area contributed by atoms with E-state index in [9.17, 15) is 9.00 Å². The van der Waals surface area contributed by atoms with Crippen molar-refractivity contribution in [3.63, 3.8) is 0 Å². The van der Waals surface area contributed by atoms with Crippen molar-refractivity contribution >= 4 is 34.0 Å². The van der Waals surface area contributed by atoms with Gasteiger partial charge in [-0.2, -0.15) is 0 Å². The number of carbonyl (C=O) groups excluding carboxylic acids is 1. The summed E-state index contributed by atoms with van der Waals surface area (Å²) in [5.41, 5.74) is 1.67. The number of para-hydroxylation sites is 1. The molecule has 1 N–H and O–H groups in total. The molecule has 0 radical (unpaired) electrons. The van der Waals surface area contributed by atoms with Crippen LogP contribution < -0.4 is 5.32 Å². The minimum atomic E-state index is -1.08. The molecule has 0 saturated heterocycles. The highest BCUT2D eigenvalue weighted by atomic mass is 35.5. The molecule has 2 aromatic rings. The average Bonchev–Trinajstić information content (AvgIpc) is 2.46. The molecule has 0 aliphatic rings. The van der Waals surface area contributed by atoms with Crippen molar-refractivity contribution in [3.8, 4) is 0 Å². The normalized spacial score (nSPS) is 11.9.